The first-order valence-electron chi connectivity index (χ1n) is 8.80. The van der Waals surface area contributed by atoms with E-state index >= 15 is 0 Å². The number of rotatable bonds is 7. The first-order valence-corrected chi connectivity index (χ1v) is 8.80. The van der Waals surface area contributed by atoms with Crippen LogP contribution in [0.25, 0.3) is 10.8 Å². The average Bonchev–Trinajstić information content (AvgIpc) is 3.01. The monoisotopic (exact) mass is 350 g/mol. The summed E-state index contributed by atoms with van der Waals surface area (Å²) in [5.74, 6) is -0.0388. The third-order valence-electron chi connectivity index (χ3n) is 4.71. The predicted octanol–water partition coefficient (Wildman–Crippen LogP) is 4.25. The molecule has 5 heteroatoms. The fourth-order valence-corrected chi connectivity index (χ4v) is 3.43. The number of nitrogens with zero attached hydrogens (tertiary/aromatic N) is 2. The van der Waals surface area contributed by atoms with Crippen molar-refractivity contribution < 1.29 is 14.7 Å². The number of aryl methyl sites for hydroxylation is 2. The van der Waals surface area contributed by atoms with E-state index in [1.807, 2.05) is 41.8 Å². The molecule has 134 valence electrons. The highest BCUT2D eigenvalue weighted by Gasteiger charge is 2.17. The van der Waals surface area contributed by atoms with Gasteiger partial charge in [-0.05, 0) is 35.2 Å². The van der Waals surface area contributed by atoms with Crippen molar-refractivity contribution in [2.24, 2.45) is 0 Å². The zero-order chi connectivity index (χ0) is 18.7. The molecule has 1 heterocycles. The molecule has 26 heavy (non-hydrogen) atoms. The first kappa shape index (κ1) is 17.9. The Hall–Kier alpha value is -2.95. The van der Waals surface area contributed by atoms with Crippen LogP contribution in [-0.4, -0.2) is 26.9 Å². The normalized spacial score (nSPS) is 11.0. The van der Waals surface area contributed by atoms with Gasteiger partial charge in [0.2, 0.25) is 0 Å². The number of carbonyl (C=O) groups excluding carboxylic acids is 1. The minimum Gasteiger partial charge on any atom is -0.478 e. The van der Waals surface area contributed by atoms with Crippen LogP contribution in [0.4, 0.5) is 0 Å². The van der Waals surface area contributed by atoms with Crippen LogP contribution in [0.3, 0.4) is 0 Å². The number of hydrogen-bond donors (Lipinski definition) is 1. The van der Waals surface area contributed by atoms with Crippen LogP contribution in [0, 0.1) is 6.92 Å². The standard InChI is InChI=1S/C21H22N2O3/c1-3-4-9-19-22-11-16(13-24)23(19)12-15-10-14(2)20(21(25)26)18-8-6-5-7-17(15)18/h5-8,10-11,13H,3-4,9,12H2,1-2H3,(H,25,26). The molecule has 0 unspecified atom stereocenters. The number of unbranched alkanes of at least 4 members (excludes halogenated alkanes) is 1. The second-order valence-corrected chi connectivity index (χ2v) is 6.49. The molecule has 1 aromatic heterocycles. The predicted molar refractivity (Wildman–Crippen MR) is 101 cm³/mol. The highest BCUT2D eigenvalue weighted by atomic mass is 16.4. The van der Waals surface area contributed by atoms with Crippen LogP contribution >= 0.6 is 0 Å². The summed E-state index contributed by atoms with van der Waals surface area (Å²) >= 11 is 0. The number of carboxylic acid groups (broad SMARTS) is 1. The summed E-state index contributed by atoms with van der Waals surface area (Å²) in [6, 6.07) is 9.42. The van der Waals surface area contributed by atoms with Gasteiger partial charge in [-0.1, -0.05) is 43.7 Å². The lowest BCUT2D eigenvalue weighted by atomic mass is 9.95. The van der Waals surface area contributed by atoms with Gasteiger partial charge in [-0.2, -0.15) is 0 Å². The van der Waals surface area contributed by atoms with Gasteiger partial charge in [0, 0.05) is 6.42 Å². The fraction of sp³-hybridized carbons (Fsp3) is 0.286. The van der Waals surface area contributed by atoms with Gasteiger partial charge in [0.25, 0.3) is 0 Å². The Kier molecular flexibility index (Phi) is 5.16. The lowest BCUT2D eigenvalue weighted by Crippen LogP contribution is -2.10. The van der Waals surface area contributed by atoms with Crippen molar-refractivity contribution in [1.29, 1.82) is 0 Å². The smallest absolute Gasteiger partial charge is 0.336 e. The van der Waals surface area contributed by atoms with Crippen molar-refractivity contribution in [2.75, 3.05) is 0 Å². The summed E-state index contributed by atoms with van der Waals surface area (Å²) in [6.07, 6.45) is 5.31. The third-order valence-corrected chi connectivity index (χ3v) is 4.71. The molecule has 0 radical (unpaired) electrons. The van der Waals surface area contributed by atoms with Gasteiger partial charge in [-0.3, -0.25) is 4.79 Å². The molecule has 0 aliphatic rings. The van der Waals surface area contributed by atoms with Crippen LogP contribution < -0.4 is 0 Å². The van der Waals surface area contributed by atoms with E-state index in [1.54, 1.807) is 6.20 Å². The highest BCUT2D eigenvalue weighted by molar-refractivity contribution is 6.06. The van der Waals surface area contributed by atoms with Crippen molar-refractivity contribution in [1.82, 2.24) is 9.55 Å². The Labute approximate surface area is 152 Å². The summed E-state index contributed by atoms with van der Waals surface area (Å²) in [5, 5.41) is 11.2. The molecule has 0 aliphatic carbocycles. The van der Waals surface area contributed by atoms with Gasteiger partial charge in [-0.25, -0.2) is 9.78 Å². The van der Waals surface area contributed by atoms with Crippen molar-refractivity contribution in [3.8, 4) is 0 Å². The topological polar surface area (TPSA) is 72.2 Å². The third kappa shape index (κ3) is 3.25. The van der Waals surface area contributed by atoms with E-state index in [2.05, 4.69) is 11.9 Å². The Balaban J connectivity index is 2.13. The van der Waals surface area contributed by atoms with E-state index in [9.17, 15) is 14.7 Å². The number of aromatic carboxylic acids is 1. The zero-order valence-corrected chi connectivity index (χ0v) is 15.0. The molecule has 5 nitrogen and oxygen atoms in total. The van der Waals surface area contributed by atoms with E-state index < -0.39 is 5.97 Å². The van der Waals surface area contributed by atoms with E-state index in [0.29, 0.717) is 23.4 Å². The minimum atomic E-state index is -0.926. The zero-order valence-electron chi connectivity index (χ0n) is 15.0. The quantitative estimate of drug-likeness (QED) is 0.647. The molecule has 1 N–H and O–H groups in total. The van der Waals surface area contributed by atoms with Gasteiger partial charge in [0.15, 0.2) is 6.29 Å². The van der Waals surface area contributed by atoms with Gasteiger partial charge < -0.3 is 9.67 Å². The SMILES string of the molecule is CCCCc1ncc(C=O)n1Cc1cc(C)c(C(=O)O)c2ccccc12. The number of carbonyl (C=O) groups is 2. The second kappa shape index (κ2) is 7.52. The van der Waals surface area contributed by atoms with Crippen LogP contribution in [0.2, 0.25) is 0 Å². The molecule has 2 aromatic carbocycles. The number of benzene rings is 2. The van der Waals surface area contributed by atoms with E-state index in [0.717, 1.165) is 47.7 Å². The summed E-state index contributed by atoms with van der Waals surface area (Å²) < 4.78 is 1.93. The summed E-state index contributed by atoms with van der Waals surface area (Å²) in [7, 11) is 0. The molecular weight excluding hydrogens is 328 g/mol. The van der Waals surface area contributed by atoms with Crippen molar-refractivity contribution >= 4 is 23.0 Å². The van der Waals surface area contributed by atoms with Crippen LogP contribution in [-0.2, 0) is 13.0 Å². The van der Waals surface area contributed by atoms with Gasteiger partial charge >= 0.3 is 5.97 Å². The van der Waals surface area contributed by atoms with Crippen LogP contribution in [0.1, 0.15) is 57.6 Å². The summed E-state index contributed by atoms with van der Waals surface area (Å²) in [5.41, 5.74) is 2.58. The molecule has 0 atom stereocenters. The van der Waals surface area contributed by atoms with Gasteiger partial charge in [0.05, 0.1) is 18.3 Å². The molecule has 3 rings (SSSR count). The number of carboxylic acids is 1. The molecule has 0 spiro atoms. The molecule has 0 amide bonds. The van der Waals surface area contributed by atoms with Crippen molar-refractivity contribution in [3.05, 3.63) is 64.7 Å². The number of imidazole rings is 1. The van der Waals surface area contributed by atoms with E-state index in [4.69, 9.17) is 0 Å². The molecule has 0 bridgehead atoms. The Bertz CT molecular complexity index is 973. The first-order chi connectivity index (χ1) is 12.6. The maximum absolute atomic E-state index is 11.7. The molecule has 0 aliphatic heterocycles. The number of aromatic nitrogens is 2. The van der Waals surface area contributed by atoms with Crippen molar-refractivity contribution in [2.45, 2.75) is 39.7 Å². The number of fused-ring (bicyclic) bond motifs is 1. The maximum atomic E-state index is 11.7. The maximum Gasteiger partial charge on any atom is 0.336 e. The minimum absolute atomic E-state index is 0.330. The van der Waals surface area contributed by atoms with Gasteiger partial charge in [0.1, 0.15) is 11.5 Å². The van der Waals surface area contributed by atoms with Gasteiger partial charge in [-0.15, -0.1) is 0 Å². The van der Waals surface area contributed by atoms with E-state index in [-0.39, 0.29) is 0 Å². The Morgan fingerprint density at radius 3 is 2.65 bits per heavy atom. The molecule has 0 saturated carbocycles. The molecule has 3 aromatic rings. The number of aldehydes is 1. The second-order valence-electron chi connectivity index (χ2n) is 6.49. The molecule has 0 saturated heterocycles. The summed E-state index contributed by atoms with van der Waals surface area (Å²) in [6.45, 7) is 4.43. The lowest BCUT2D eigenvalue weighted by molar-refractivity contribution is 0.0698. The summed E-state index contributed by atoms with van der Waals surface area (Å²) in [4.78, 5) is 27.5. The van der Waals surface area contributed by atoms with Crippen LogP contribution in [0.15, 0.2) is 36.5 Å². The fourth-order valence-electron chi connectivity index (χ4n) is 3.43. The van der Waals surface area contributed by atoms with Crippen molar-refractivity contribution in [3.63, 3.8) is 0 Å². The average molecular weight is 350 g/mol. The number of hydrogen-bond acceptors (Lipinski definition) is 3. The molecule has 0 fully saturated rings. The lowest BCUT2D eigenvalue weighted by Gasteiger charge is -2.15. The Morgan fingerprint density at radius 1 is 1.27 bits per heavy atom. The highest BCUT2D eigenvalue weighted by Crippen LogP contribution is 2.27. The van der Waals surface area contributed by atoms with E-state index in [1.165, 1.54) is 0 Å². The largest absolute Gasteiger partial charge is 0.478 e. The molecular formula is C21H22N2O3. The van der Waals surface area contributed by atoms with Crippen LogP contribution in [0.5, 0.6) is 0 Å². The Morgan fingerprint density at radius 2 is 2.00 bits per heavy atom.